The Balaban J connectivity index is 1.94. The quantitative estimate of drug-likeness (QED) is 0.804. The van der Waals surface area contributed by atoms with Crippen molar-refractivity contribution >= 4 is 29.2 Å². The first-order chi connectivity index (χ1) is 11.5. The molecule has 2 rings (SSSR count). The molecule has 5 nitrogen and oxygen atoms in total. The van der Waals surface area contributed by atoms with Gasteiger partial charge >= 0.3 is 5.97 Å². The fourth-order valence-electron chi connectivity index (χ4n) is 1.91. The molecule has 24 heavy (non-hydrogen) atoms. The van der Waals surface area contributed by atoms with E-state index >= 15 is 0 Å². The third-order valence-corrected chi connectivity index (χ3v) is 3.23. The summed E-state index contributed by atoms with van der Waals surface area (Å²) in [7, 11) is 0. The van der Waals surface area contributed by atoms with E-state index in [0.29, 0.717) is 22.0 Å². The van der Waals surface area contributed by atoms with Crippen LogP contribution in [0.25, 0.3) is 0 Å². The summed E-state index contributed by atoms with van der Waals surface area (Å²) in [5.41, 5.74) is 0.856. The first-order valence-electron chi connectivity index (χ1n) is 7.44. The Kier molecular flexibility index (Phi) is 6.21. The van der Waals surface area contributed by atoms with Crippen LogP contribution in [0.2, 0.25) is 5.02 Å². The fourth-order valence-corrected chi connectivity index (χ4v) is 2.10. The van der Waals surface area contributed by atoms with Crippen LogP contribution in [-0.4, -0.2) is 24.6 Å². The molecule has 0 fully saturated rings. The van der Waals surface area contributed by atoms with Crippen LogP contribution in [0.5, 0.6) is 5.75 Å². The maximum absolute atomic E-state index is 12.0. The minimum Gasteiger partial charge on any atom is -0.482 e. The summed E-state index contributed by atoms with van der Waals surface area (Å²) < 4.78 is 10.5. The highest BCUT2D eigenvalue weighted by Gasteiger charge is 2.11. The van der Waals surface area contributed by atoms with Gasteiger partial charge in [0.2, 0.25) is 0 Å². The van der Waals surface area contributed by atoms with E-state index in [1.54, 1.807) is 62.4 Å². The number of halogens is 1. The Hall–Kier alpha value is -2.53. The minimum absolute atomic E-state index is 0.190. The third kappa shape index (κ3) is 5.28. The topological polar surface area (TPSA) is 64.6 Å². The lowest BCUT2D eigenvalue weighted by Crippen LogP contribution is -2.20. The van der Waals surface area contributed by atoms with Crippen LogP contribution in [0.15, 0.2) is 48.5 Å². The molecule has 1 N–H and O–H groups in total. The van der Waals surface area contributed by atoms with Crippen molar-refractivity contribution in [3.8, 4) is 5.75 Å². The van der Waals surface area contributed by atoms with Gasteiger partial charge in [-0.3, -0.25) is 4.79 Å². The number of amides is 1. The monoisotopic (exact) mass is 347 g/mol. The minimum atomic E-state index is -0.437. The molecular formula is C18H18ClNO4. The highest BCUT2D eigenvalue weighted by atomic mass is 35.5. The van der Waals surface area contributed by atoms with Crippen LogP contribution < -0.4 is 10.1 Å². The molecule has 0 aliphatic rings. The summed E-state index contributed by atoms with van der Waals surface area (Å²) in [6.07, 6.45) is -0.209. The number of rotatable bonds is 6. The molecule has 1 amide bonds. The molecule has 0 aliphatic carbocycles. The SMILES string of the molecule is CC(C)OC(=O)c1cccc(NC(=O)COc2ccccc2Cl)c1. The summed E-state index contributed by atoms with van der Waals surface area (Å²) >= 11 is 5.96. The molecule has 0 heterocycles. The molecular weight excluding hydrogens is 330 g/mol. The second-order valence-electron chi connectivity index (χ2n) is 5.30. The molecule has 6 heteroatoms. The lowest BCUT2D eigenvalue weighted by molar-refractivity contribution is -0.118. The van der Waals surface area contributed by atoms with Gasteiger partial charge in [-0.2, -0.15) is 0 Å². The normalized spacial score (nSPS) is 10.3. The van der Waals surface area contributed by atoms with Crippen molar-refractivity contribution in [2.45, 2.75) is 20.0 Å². The van der Waals surface area contributed by atoms with Crippen LogP contribution in [0.3, 0.4) is 0 Å². The number of hydrogen-bond acceptors (Lipinski definition) is 4. The van der Waals surface area contributed by atoms with Gasteiger partial charge in [0.25, 0.3) is 5.91 Å². The van der Waals surface area contributed by atoms with Gasteiger partial charge in [-0.05, 0) is 44.2 Å². The van der Waals surface area contributed by atoms with E-state index in [1.807, 2.05) is 0 Å². The number of anilines is 1. The van der Waals surface area contributed by atoms with E-state index in [-0.39, 0.29) is 18.6 Å². The lowest BCUT2D eigenvalue weighted by atomic mass is 10.2. The molecule has 0 unspecified atom stereocenters. The molecule has 0 atom stereocenters. The molecule has 2 aromatic rings. The van der Waals surface area contributed by atoms with E-state index in [0.717, 1.165) is 0 Å². The smallest absolute Gasteiger partial charge is 0.338 e. The van der Waals surface area contributed by atoms with Crippen molar-refractivity contribution in [3.63, 3.8) is 0 Å². The predicted octanol–water partition coefficient (Wildman–Crippen LogP) is 3.92. The summed E-state index contributed by atoms with van der Waals surface area (Å²) in [6.45, 7) is 3.36. The van der Waals surface area contributed by atoms with Gasteiger partial charge in [0.1, 0.15) is 5.75 Å². The fraction of sp³-hybridized carbons (Fsp3) is 0.222. The zero-order valence-corrected chi connectivity index (χ0v) is 14.2. The summed E-state index contributed by atoms with van der Waals surface area (Å²) in [5.74, 6) is -0.360. The first-order valence-corrected chi connectivity index (χ1v) is 7.81. The Morgan fingerprint density at radius 1 is 1.12 bits per heavy atom. The molecule has 0 radical (unpaired) electrons. The summed E-state index contributed by atoms with van der Waals surface area (Å²) in [4.78, 5) is 23.8. The second kappa shape index (κ2) is 8.36. The van der Waals surface area contributed by atoms with Crippen molar-refractivity contribution in [1.82, 2.24) is 0 Å². The van der Waals surface area contributed by atoms with Gasteiger partial charge in [0.05, 0.1) is 16.7 Å². The van der Waals surface area contributed by atoms with Crippen molar-refractivity contribution in [1.29, 1.82) is 0 Å². The number of carbonyl (C=O) groups is 2. The summed E-state index contributed by atoms with van der Waals surface area (Å²) in [6, 6.07) is 13.4. The van der Waals surface area contributed by atoms with Gasteiger partial charge in [-0.1, -0.05) is 29.8 Å². The lowest BCUT2D eigenvalue weighted by Gasteiger charge is -2.10. The van der Waals surface area contributed by atoms with Gasteiger partial charge in [-0.25, -0.2) is 4.79 Å². The Bertz CT molecular complexity index is 730. The number of para-hydroxylation sites is 1. The van der Waals surface area contributed by atoms with E-state index < -0.39 is 5.97 Å². The second-order valence-corrected chi connectivity index (χ2v) is 5.71. The number of esters is 1. The third-order valence-electron chi connectivity index (χ3n) is 2.92. The highest BCUT2D eigenvalue weighted by Crippen LogP contribution is 2.23. The Morgan fingerprint density at radius 2 is 1.88 bits per heavy atom. The largest absolute Gasteiger partial charge is 0.482 e. The van der Waals surface area contributed by atoms with Crippen LogP contribution in [-0.2, 0) is 9.53 Å². The molecule has 0 spiro atoms. The van der Waals surface area contributed by atoms with Crippen molar-refractivity contribution in [2.24, 2.45) is 0 Å². The van der Waals surface area contributed by atoms with Crippen LogP contribution in [0, 0.1) is 0 Å². The number of benzene rings is 2. The molecule has 0 saturated carbocycles. The molecule has 126 valence electrons. The molecule has 0 saturated heterocycles. The first kappa shape index (κ1) is 17.8. The standard InChI is InChI=1S/C18H18ClNO4/c1-12(2)24-18(22)13-6-5-7-14(10-13)20-17(21)11-23-16-9-4-3-8-15(16)19/h3-10,12H,11H2,1-2H3,(H,20,21). The van der Waals surface area contributed by atoms with Crippen molar-refractivity contribution in [2.75, 3.05) is 11.9 Å². The highest BCUT2D eigenvalue weighted by molar-refractivity contribution is 6.32. The number of hydrogen-bond donors (Lipinski definition) is 1. The molecule has 0 aliphatic heterocycles. The zero-order chi connectivity index (χ0) is 17.5. The number of nitrogens with one attached hydrogen (secondary N) is 1. The average molecular weight is 348 g/mol. The Morgan fingerprint density at radius 3 is 2.58 bits per heavy atom. The maximum Gasteiger partial charge on any atom is 0.338 e. The van der Waals surface area contributed by atoms with Crippen LogP contribution in [0.1, 0.15) is 24.2 Å². The van der Waals surface area contributed by atoms with E-state index in [1.165, 1.54) is 0 Å². The molecule has 0 bridgehead atoms. The average Bonchev–Trinajstić information content (AvgIpc) is 2.54. The van der Waals surface area contributed by atoms with Gasteiger partial charge in [-0.15, -0.1) is 0 Å². The molecule has 2 aromatic carbocycles. The molecule has 0 aromatic heterocycles. The number of carbonyl (C=O) groups excluding carboxylic acids is 2. The van der Waals surface area contributed by atoms with Crippen molar-refractivity contribution in [3.05, 3.63) is 59.1 Å². The van der Waals surface area contributed by atoms with Crippen LogP contribution in [0.4, 0.5) is 5.69 Å². The van der Waals surface area contributed by atoms with Gasteiger partial charge in [0.15, 0.2) is 6.61 Å². The van der Waals surface area contributed by atoms with E-state index in [4.69, 9.17) is 21.1 Å². The van der Waals surface area contributed by atoms with E-state index in [2.05, 4.69) is 5.32 Å². The zero-order valence-electron chi connectivity index (χ0n) is 13.4. The number of ether oxygens (including phenoxy) is 2. The van der Waals surface area contributed by atoms with Gasteiger partial charge in [0, 0.05) is 5.69 Å². The van der Waals surface area contributed by atoms with Gasteiger partial charge < -0.3 is 14.8 Å². The predicted molar refractivity (Wildman–Crippen MR) is 92.6 cm³/mol. The Labute approximate surface area is 145 Å². The maximum atomic E-state index is 12.0. The van der Waals surface area contributed by atoms with Crippen molar-refractivity contribution < 1.29 is 19.1 Å². The van der Waals surface area contributed by atoms with Crippen LogP contribution >= 0.6 is 11.6 Å². The summed E-state index contributed by atoms with van der Waals surface area (Å²) in [5, 5.41) is 3.10. The van der Waals surface area contributed by atoms with E-state index in [9.17, 15) is 9.59 Å².